The lowest BCUT2D eigenvalue weighted by Gasteiger charge is -2.16. The molecule has 0 aliphatic carbocycles. The van der Waals surface area contributed by atoms with Crippen molar-refractivity contribution in [3.8, 4) is 0 Å². The maximum absolute atomic E-state index is 12.9. The number of carbonyl (C=O) groups excluding carboxylic acids is 1. The largest absolute Gasteiger partial charge is 0.465 e. The molecule has 2 unspecified atom stereocenters. The molecule has 2 atom stereocenters. The molecule has 0 aromatic carbocycles. The Morgan fingerprint density at radius 3 is 1.15 bits per heavy atom. The number of esters is 1. The minimum Gasteiger partial charge on any atom is -0.465 e. The molecule has 40 heavy (non-hydrogen) atoms. The minimum atomic E-state index is -0.138. The molecule has 240 valence electrons. The zero-order valence-electron chi connectivity index (χ0n) is 27.8. The van der Waals surface area contributed by atoms with E-state index in [0.29, 0.717) is 6.61 Å². The van der Waals surface area contributed by atoms with E-state index in [4.69, 9.17) is 4.74 Å². The molecule has 0 amide bonds. The van der Waals surface area contributed by atoms with Crippen molar-refractivity contribution >= 4 is 5.97 Å². The number of hydrogen-bond acceptors (Lipinski definition) is 3. The third-order valence-electron chi connectivity index (χ3n) is 8.71. The van der Waals surface area contributed by atoms with E-state index in [1.54, 1.807) is 0 Å². The highest BCUT2D eigenvalue weighted by Gasteiger charge is 2.19. The van der Waals surface area contributed by atoms with Crippen LogP contribution in [0.1, 0.15) is 213 Å². The first-order valence-corrected chi connectivity index (χ1v) is 18.5. The van der Waals surface area contributed by atoms with Gasteiger partial charge in [0.15, 0.2) is 0 Å². The number of unbranched alkanes of at least 4 members (excludes halogenated alkanes) is 22. The van der Waals surface area contributed by atoms with Crippen LogP contribution in [-0.4, -0.2) is 23.8 Å². The molecule has 0 spiro atoms. The summed E-state index contributed by atoms with van der Waals surface area (Å²) >= 11 is 0. The van der Waals surface area contributed by atoms with E-state index in [2.05, 4.69) is 20.8 Å². The summed E-state index contributed by atoms with van der Waals surface area (Å²) in [5, 5.41) is 10.3. The monoisotopic (exact) mass is 567 g/mol. The van der Waals surface area contributed by atoms with E-state index in [1.165, 1.54) is 128 Å². The van der Waals surface area contributed by atoms with Gasteiger partial charge in [-0.2, -0.15) is 0 Å². The average Bonchev–Trinajstić information content (AvgIpc) is 2.95. The summed E-state index contributed by atoms with van der Waals surface area (Å²) < 4.78 is 5.79. The lowest BCUT2D eigenvalue weighted by Crippen LogP contribution is -2.19. The number of ether oxygens (including phenoxy) is 1. The van der Waals surface area contributed by atoms with Crippen molar-refractivity contribution in [3.63, 3.8) is 0 Å². The lowest BCUT2D eigenvalue weighted by molar-refractivity contribution is -0.149. The van der Waals surface area contributed by atoms with Gasteiger partial charge in [-0.25, -0.2) is 0 Å². The Hall–Kier alpha value is -0.570. The van der Waals surface area contributed by atoms with Crippen molar-refractivity contribution in [1.82, 2.24) is 0 Å². The summed E-state index contributed by atoms with van der Waals surface area (Å²) in [7, 11) is 0. The molecule has 0 aliphatic rings. The van der Waals surface area contributed by atoms with E-state index in [0.717, 1.165) is 64.2 Å². The van der Waals surface area contributed by atoms with Crippen LogP contribution in [0, 0.1) is 5.92 Å². The number of aliphatic hydroxyl groups excluding tert-OH is 1. The maximum Gasteiger partial charge on any atom is 0.308 e. The third-order valence-corrected chi connectivity index (χ3v) is 8.71. The van der Waals surface area contributed by atoms with Gasteiger partial charge >= 0.3 is 5.97 Å². The second-order valence-corrected chi connectivity index (χ2v) is 12.8. The third kappa shape index (κ3) is 28.9. The summed E-state index contributed by atoms with van der Waals surface area (Å²) in [6, 6.07) is 0. The molecule has 0 saturated heterocycles. The average molecular weight is 567 g/mol. The molecule has 0 radical (unpaired) electrons. The summed E-state index contributed by atoms with van der Waals surface area (Å²) in [5.41, 5.74) is 0. The van der Waals surface area contributed by atoms with Gasteiger partial charge in [0.05, 0.1) is 18.6 Å². The Bertz CT molecular complexity index is 492. The zero-order valence-corrected chi connectivity index (χ0v) is 27.8. The normalized spacial score (nSPS) is 13.0. The first-order chi connectivity index (χ1) is 19.7. The Morgan fingerprint density at radius 2 is 0.750 bits per heavy atom. The molecule has 0 aromatic heterocycles. The van der Waals surface area contributed by atoms with Crippen LogP contribution in [0.2, 0.25) is 0 Å². The van der Waals surface area contributed by atoms with Crippen LogP contribution in [0.3, 0.4) is 0 Å². The van der Waals surface area contributed by atoms with Gasteiger partial charge in [-0.3, -0.25) is 4.79 Å². The van der Waals surface area contributed by atoms with Crippen LogP contribution in [0.25, 0.3) is 0 Å². The quantitative estimate of drug-likeness (QED) is 0.0634. The van der Waals surface area contributed by atoms with Gasteiger partial charge in [-0.05, 0) is 32.1 Å². The first kappa shape index (κ1) is 39.4. The fourth-order valence-corrected chi connectivity index (χ4v) is 5.86. The topological polar surface area (TPSA) is 46.5 Å². The molecular weight excluding hydrogens is 492 g/mol. The van der Waals surface area contributed by atoms with Crippen LogP contribution in [-0.2, 0) is 9.53 Å². The van der Waals surface area contributed by atoms with Crippen LogP contribution in [0.4, 0.5) is 0 Å². The molecular formula is C37H74O3. The van der Waals surface area contributed by atoms with Gasteiger partial charge in [0.2, 0.25) is 0 Å². The minimum absolute atomic E-state index is 0.0611. The summed E-state index contributed by atoms with van der Waals surface area (Å²) in [5.74, 6) is 0.137. The van der Waals surface area contributed by atoms with E-state index < -0.39 is 0 Å². The fourth-order valence-electron chi connectivity index (χ4n) is 5.86. The molecule has 0 aromatic rings. The van der Waals surface area contributed by atoms with Crippen molar-refractivity contribution in [2.75, 3.05) is 6.61 Å². The van der Waals surface area contributed by atoms with E-state index in [9.17, 15) is 9.90 Å². The number of rotatable bonds is 33. The van der Waals surface area contributed by atoms with Gasteiger partial charge in [0.1, 0.15) is 0 Å². The summed E-state index contributed by atoms with van der Waals surface area (Å²) in [6.07, 6.45) is 36.8. The van der Waals surface area contributed by atoms with Crippen LogP contribution in [0.5, 0.6) is 0 Å². The lowest BCUT2D eigenvalue weighted by atomic mass is 9.94. The van der Waals surface area contributed by atoms with Crippen LogP contribution >= 0.6 is 0 Å². The van der Waals surface area contributed by atoms with Crippen molar-refractivity contribution in [1.29, 1.82) is 0 Å². The van der Waals surface area contributed by atoms with Crippen molar-refractivity contribution in [2.24, 2.45) is 5.92 Å². The number of aliphatic hydroxyl groups is 1. The standard InChI is InChI=1S/C37H74O3/c1-4-7-10-13-15-17-18-20-23-29-34-40-37(39)35(30-25-22-19-16-14-11-8-5-2)31-26-24-28-33-36(38)32-27-21-12-9-6-3/h35-36,38H,4-34H2,1-3H3. The smallest absolute Gasteiger partial charge is 0.308 e. The zero-order chi connectivity index (χ0) is 29.4. The van der Waals surface area contributed by atoms with Gasteiger partial charge in [-0.15, -0.1) is 0 Å². The van der Waals surface area contributed by atoms with Gasteiger partial charge < -0.3 is 9.84 Å². The van der Waals surface area contributed by atoms with Crippen LogP contribution in [0.15, 0.2) is 0 Å². The molecule has 1 N–H and O–H groups in total. The van der Waals surface area contributed by atoms with E-state index in [-0.39, 0.29) is 18.0 Å². The molecule has 0 bridgehead atoms. The predicted octanol–water partition coefficient (Wildman–Crippen LogP) is 12.3. The van der Waals surface area contributed by atoms with E-state index in [1.807, 2.05) is 0 Å². The summed E-state index contributed by atoms with van der Waals surface area (Å²) in [4.78, 5) is 12.9. The molecule has 0 heterocycles. The Balaban J connectivity index is 4.13. The van der Waals surface area contributed by atoms with E-state index >= 15 is 0 Å². The van der Waals surface area contributed by atoms with Crippen molar-refractivity contribution in [3.05, 3.63) is 0 Å². The number of hydrogen-bond donors (Lipinski definition) is 1. The second-order valence-electron chi connectivity index (χ2n) is 12.8. The molecule has 0 rings (SSSR count). The molecule has 0 aliphatic heterocycles. The van der Waals surface area contributed by atoms with Crippen molar-refractivity contribution in [2.45, 2.75) is 219 Å². The number of carbonyl (C=O) groups is 1. The Morgan fingerprint density at radius 1 is 0.450 bits per heavy atom. The van der Waals surface area contributed by atoms with Gasteiger partial charge in [-0.1, -0.05) is 181 Å². The molecule has 3 heteroatoms. The van der Waals surface area contributed by atoms with Gasteiger partial charge in [0, 0.05) is 0 Å². The Labute approximate surface area is 252 Å². The highest BCUT2D eigenvalue weighted by atomic mass is 16.5. The predicted molar refractivity (Wildman–Crippen MR) is 176 cm³/mol. The fraction of sp³-hybridized carbons (Fsp3) is 0.973. The van der Waals surface area contributed by atoms with Crippen molar-refractivity contribution < 1.29 is 14.6 Å². The highest BCUT2D eigenvalue weighted by Crippen LogP contribution is 2.22. The maximum atomic E-state index is 12.9. The second kappa shape index (κ2) is 32.9. The SMILES string of the molecule is CCCCCCCCCCCCOC(=O)C(CCCCCCCCCC)CCCCCC(O)CCCCCCC. The summed E-state index contributed by atoms with van der Waals surface area (Å²) in [6.45, 7) is 7.39. The highest BCUT2D eigenvalue weighted by molar-refractivity contribution is 5.72. The van der Waals surface area contributed by atoms with Crippen LogP contribution < -0.4 is 0 Å². The first-order valence-electron chi connectivity index (χ1n) is 18.5. The Kier molecular flexibility index (Phi) is 32.5. The molecule has 0 saturated carbocycles. The van der Waals surface area contributed by atoms with Gasteiger partial charge in [0.25, 0.3) is 0 Å². The molecule has 0 fully saturated rings. The molecule has 3 nitrogen and oxygen atoms in total.